The van der Waals surface area contributed by atoms with Gasteiger partial charge in [0.05, 0.1) is 0 Å². The lowest BCUT2D eigenvalue weighted by molar-refractivity contribution is -0.133. The Morgan fingerprint density at radius 3 is 1.31 bits per heavy atom. The number of rotatable bonds is 10. The molecule has 0 fully saturated rings. The molecule has 0 N–H and O–H groups in total. The maximum atomic E-state index is 11.2. The third kappa shape index (κ3) is 19.5. The average molecular weight is 416 g/mol. The van der Waals surface area contributed by atoms with Gasteiger partial charge in [0.2, 0.25) is 17.7 Å². The van der Waals surface area contributed by atoms with Crippen molar-refractivity contribution in [3.05, 3.63) is 0 Å². The summed E-state index contributed by atoms with van der Waals surface area (Å²) in [7, 11) is 5.56. The van der Waals surface area contributed by atoms with Crippen LogP contribution in [-0.2, 0) is 14.4 Å². The van der Waals surface area contributed by atoms with Crippen LogP contribution in [0.2, 0.25) is 0 Å². The molecule has 0 aromatic rings. The highest BCUT2D eigenvalue weighted by Crippen LogP contribution is 1.98. The number of amides is 3. The minimum atomic E-state index is 0.136. The molecule has 0 radical (unpaired) electrons. The smallest absolute Gasteiger partial charge is 0.224 e. The Morgan fingerprint density at radius 1 is 0.621 bits per heavy atom. The van der Waals surface area contributed by atoms with Crippen LogP contribution in [-0.4, -0.2) is 73.2 Å². The Morgan fingerprint density at radius 2 is 1.00 bits per heavy atom. The lowest BCUT2D eigenvalue weighted by atomic mass is 10.2. The van der Waals surface area contributed by atoms with Gasteiger partial charge in [0.1, 0.15) is 0 Å². The van der Waals surface area contributed by atoms with E-state index in [1.165, 1.54) is 0 Å². The molecule has 0 aliphatic rings. The standard InChI is InChI=1S/2C8H17NO.C7H15NO/c1-5-6-9(4)8(10)7(2)3;1-4-6-8(10)9(3)7-5-2;1-4-6-8(3)7(9)5-2/h7H,5-6H2,1-4H3;4-7H2,1-3H3;4-6H2,1-3H3. The molecule has 0 aromatic carbocycles. The first-order valence-electron chi connectivity index (χ1n) is 11.3. The van der Waals surface area contributed by atoms with Crippen molar-refractivity contribution in [1.29, 1.82) is 0 Å². The zero-order chi connectivity index (χ0) is 23.4. The molecule has 0 unspecified atom stereocenters. The molecule has 29 heavy (non-hydrogen) atoms. The molecule has 6 nitrogen and oxygen atoms in total. The Hall–Kier alpha value is -1.59. The monoisotopic (exact) mass is 415 g/mol. The fraction of sp³-hybridized carbons (Fsp3) is 0.870. The van der Waals surface area contributed by atoms with Crippen molar-refractivity contribution in [3.8, 4) is 0 Å². The van der Waals surface area contributed by atoms with Gasteiger partial charge in [-0.2, -0.15) is 0 Å². The summed E-state index contributed by atoms with van der Waals surface area (Å²) in [6, 6.07) is 0. The van der Waals surface area contributed by atoms with Crippen molar-refractivity contribution in [2.75, 3.05) is 40.8 Å². The van der Waals surface area contributed by atoms with Crippen LogP contribution in [0.25, 0.3) is 0 Å². The van der Waals surface area contributed by atoms with Gasteiger partial charge < -0.3 is 14.7 Å². The summed E-state index contributed by atoms with van der Waals surface area (Å²) in [4.78, 5) is 38.4. The SMILES string of the molecule is CCCC(=O)N(C)CCC.CCCN(C)C(=O)C(C)C.CCCN(C)C(=O)CC. The maximum absolute atomic E-state index is 11.2. The van der Waals surface area contributed by atoms with Crippen molar-refractivity contribution in [2.24, 2.45) is 5.92 Å². The lowest BCUT2D eigenvalue weighted by Crippen LogP contribution is -2.30. The molecule has 0 aromatic heterocycles. The lowest BCUT2D eigenvalue weighted by Gasteiger charge is -2.17. The molecule has 0 saturated heterocycles. The van der Waals surface area contributed by atoms with Crippen LogP contribution < -0.4 is 0 Å². The molecule has 174 valence electrons. The Bertz CT molecular complexity index is 426. The number of carbonyl (C=O) groups is 3. The molecule has 3 amide bonds. The van der Waals surface area contributed by atoms with Gasteiger partial charge in [-0.05, 0) is 25.7 Å². The number of hydrogen-bond donors (Lipinski definition) is 0. The fourth-order valence-electron chi connectivity index (χ4n) is 2.48. The summed E-state index contributed by atoms with van der Waals surface area (Å²) in [5.74, 6) is 0.875. The van der Waals surface area contributed by atoms with Crippen LogP contribution in [0.4, 0.5) is 0 Å². The zero-order valence-corrected chi connectivity index (χ0v) is 21.0. The number of nitrogens with zero attached hydrogens (tertiary/aromatic N) is 3. The van der Waals surface area contributed by atoms with E-state index in [4.69, 9.17) is 0 Å². The molecule has 0 spiro atoms. The Balaban J connectivity index is -0.000000350. The first-order valence-corrected chi connectivity index (χ1v) is 11.3. The van der Waals surface area contributed by atoms with Crippen LogP contribution in [0.1, 0.15) is 87.0 Å². The van der Waals surface area contributed by atoms with Gasteiger partial charge in [-0.25, -0.2) is 0 Å². The largest absolute Gasteiger partial charge is 0.346 e. The summed E-state index contributed by atoms with van der Waals surface area (Å²) in [6.45, 7) is 16.6. The van der Waals surface area contributed by atoms with E-state index in [1.807, 2.05) is 48.8 Å². The van der Waals surface area contributed by atoms with Gasteiger partial charge in [0, 0.05) is 59.5 Å². The second-order valence-electron chi connectivity index (χ2n) is 7.65. The molecule has 0 saturated carbocycles. The Labute approximate surface area is 181 Å². The summed E-state index contributed by atoms with van der Waals surface area (Å²) in [5, 5.41) is 0. The van der Waals surface area contributed by atoms with E-state index in [2.05, 4.69) is 20.8 Å². The van der Waals surface area contributed by atoms with Crippen molar-refractivity contribution in [2.45, 2.75) is 87.0 Å². The summed E-state index contributed by atoms with van der Waals surface area (Å²) < 4.78 is 0. The third-order valence-corrected chi connectivity index (χ3v) is 4.17. The molecule has 6 heteroatoms. The van der Waals surface area contributed by atoms with Gasteiger partial charge in [-0.15, -0.1) is 0 Å². The quantitative estimate of drug-likeness (QED) is 0.530. The molecule has 0 aliphatic heterocycles. The Kier molecular flexibility index (Phi) is 23.4. The molecular formula is C23H49N3O3. The second kappa shape index (κ2) is 21.1. The molecule has 0 bridgehead atoms. The molecule has 0 heterocycles. The van der Waals surface area contributed by atoms with Gasteiger partial charge in [0.15, 0.2) is 0 Å². The van der Waals surface area contributed by atoms with Crippen LogP contribution in [0, 0.1) is 5.92 Å². The first kappa shape index (κ1) is 32.1. The fourth-order valence-corrected chi connectivity index (χ4v) is 2.48. The van der Waals surface area contributed by atoms with Crippen LogP contribution in [0.5, 0.6) is 0 Å². The highest BCUT2D eigenvalue weighted by molar-refractivity contribution is 5.77. The summed E-state index contributed by atoms with van der Waals surface area (Å²) in [5.41, 5.74) is 0. The van der Waals surface area contributed by atoms with E-state index >= 15 is 0 Å². The molecule has 0 aliphatic carbocycles. The normalized spacial score (nSPS) is 9.62. The molecule has 0 rings (SSSR count). The van der Waals surface area contributed by atoms with Crippen LogP contribution in [0.3, 0.4) is 0 Å². The molecular weight excluding hydrogens is 366 g/mol. The van der Waals surface area contributed by atoms with Gasteiger partial charge in [0.25, 0.3) is 0 Å². The van der Waals surface area contributed by atoms with Crippen LogP contribution >= 0.6 is 0 Å². The topological polar surface area (TPSA) is 60.9 Å². The van der Waals surface area contributed by atoms with Crippen molar-refractivity contribution in [1.82, 2.24) is 14.7 Å². The minimum Gasteiger partial charge on any atom is -0.346 e. The van der Waals surface area contributed by atoms with Gasteiger partial charge in [-0.1, -0.05) is 48.5 Å². The van der Waals surface area contributed by atoms with Crippen molar-refractivity contribution < 1.29 is 14.4 Å². The van der Waals surface area contributed by atoms with Crippen LogP contribution in [0.15, 0.2) is 0 Å². The predicted molar refractivity (Wildman–Crippen MR) is 124 cm³/mol. The summed E-state index contributed by atoms with van der Waals surface area (Å²) >= 11 is 0. The first-order chi connectivity index (χ1) is 13.5. The van der Waals surface area contributed by atoms with Crippen molar-refractivity contribution >= 4 is 17.7 Å². The minimum absolute atomic E-state index is 0.136. The highest BCUT2D eigenvalue weighted by Gasteiger charge is 2.10. The van der Waals surface area contributed by atoms with E-state index in [1.54, 1.807) is 14.7 Å². The van der Waals surface area contributed by atoms with E-state index < -0.39 is 0 Å². The van der Waals surface area contributed by atoms with E-state index in [0.717, 1.165) is 45.3 Å². The van der Waals surface area contributed by atoms with Gasteiger partial charge in [-0.3, -0.25) is 14.4 Å². The maximum Gasteiger partial charge on any atom is 0.224 e. The number of hydrogen-bond acceptors (Lipinski definition) is 3. The van der Waals surface area contributed by atoms with Gasteiger partial charge >= 0.3 is 0 Å². The molecule has 0 atom stereocenters. The van der Waals surface area contributed by atoms with E-state index in [-0.39, 0.29) is 23.6 Å². The second-order valence-corrected chi connectivity index (χ2v) is 7.65. The summed E-state index contributed by atoms with van der Waals surface area (Å²) in [6.07, 6.45) is 5.39. The predicted octanol–water partition coefficient (Wildman–Crippen LogP) is 4.43. The van der Waals surface area contributed by atoms with E-state index in [0.29, 0.717) is 12.8 Å². The highest BCUT2D eigenvalue weighted by atomic mass is 16.2. The van der Waals surface area contributed by atoms with Crippen molar-refractivity contribution in [3.63, 3.8) is 0 Å². The average Bonchev–Trinajstić information content (AvgIpc) is 2.68. The third-order valence-electron chi connectivity index (χ3n) is 4.17. The zero-order valence-electron chi connectivity index (χ0n) is 21.0. The number of carbonyl (C=O) groups excluding carboxylic acids is 3. The van der Waals surface area contributed by atoms with E-state index in [9.17, 15) is 14.4 Å².